The number of non-ortho nitro benzene ring substituents is 1. The minimum Gasteiger partial charge on any atom is -0.423 e. The maximum atomic E-state index is 12.2. The molecule has 9 heteroatoms. The Hall–Kier alpha value is -3.85. The Balaban J connectivity index is 1.56. The van der Waals surface area contributed by atoms with E-state index in [1.807, 2.05) is 0 Å². The number of amides is 1. The number of nitrogens with zero attached hydrogens (tertiary/aromatic N) is 2. The molecule has 3 rings (SSSR count). The molecular formula is C21H14BrN3O5. The number of nitro benzene ring substituents is 1. The van der Waals surface area contributed by atoms with Crippen LogP contribution in [0.1, 0.15) is 26.3 Å². The molecule has 3 aromatic carbocycles. The summed E-state index contributed by atoms with van der Waals surface area (Å²) in [5.41, 5.74) is 3.56. The number of esters is 1. The monoisotopic (exact) mass is 467 g/mol. The summed E-state index contributed by atoms with van der Waals surface area (Å²) in [4.78, 5) is 34.3. The van der Waals surface area contributed by atoms with Crippen LogP contribution in [-0.2, 0) is 0 Å². The SMILES string of the molecule is O=C(NN=Cc1ccc(OC(=O)c2ccccc2Br)cc1)c1ccc([N+](=O)[O-])cc1. The molecule has 0 aliphatic heterocycles. The van der Waals surface area contributed by atoms with E-state index in [9.17, 15) is 19.7 Å². The lowest BCUT2D eigenvalue weighted by molar-refractivity contribution is -0.384. The van der Waals surface area contributed by atoms with Gasteiger partial charge in [-0.1, -0.05) is 12.1 Å². The summed E-state index contributed by atoms with van der Waals surface area (Å²) in [7, 11) is 0. The van der Waals surface area contributed by atoms with Crippen LogP contribution >= 0.6 is 15.9 Å². The summed E-state index contributed by atoms with van der Waals surface area (Å²) >= 11 is 3.31. The number of rotatable bonds is 6. The highest BCUT2D eigenvalue weighted by Crippen LogP contribution is 2.19. The van der Waals surface area contributed by atoms with Gasteiger partial charge in [0.1, 0.15) is 5.75 Å². The van der Waals surface area contributed by atoms with Gasteiger partial charge in [0.05, 0.1) is 16.7 Å². The second-order valence-electron chi connectivity index (χ2n) is 5.94. The molecule has 1 amide bonds. The lowest BCUT2D eigenvalue weighted by Crippen LogP contribution is -2.17. The van der Waals surface area contributed by atoms with Gasteiger partial charge in [-0.05, 0) is 70.0 Å². The van der Waals surface area contributed by atoms with Gasteiger partial charge >= 0.3 is 5.97 Å². The van der Waals surface area contributed by atoms with Gasteiger partial charge in [0.25, 0.3) is 11.6 Å². The standard InChI is InChI=1S/C21H14BrN3O5/c22-19-4-2-1-3-18(19)21(27)30-17-11-5-14(6-12-17)13-23-24-20(26)15-7-9-16(10-8-15)25(28)29/h1-13H,(H,24,26). The highest BCUT2D eigenvalue weighted by atomic mass is 79.9. The van der Waals surface area contributed by atoms with Gasteiger partial charge in [-0.3, -0.25) is 14.9 Å². The average Bonchev–Trinajstić information content (AvgIpc) is 2.75. The van der Waals surface area contributed by atoms with Crippen molar-refractivity contribution >= 4 is 39.7 Å². The normalized spacial score (nSPS) is 10.6. The van der Waals surface area contributed by atoms with Crippen LogP contribution in [0.25, 0.3) is 0 Å². The molecule has 0 aliphatic carbocycles. The van der Waals surface area contributed by atoms with Crippen LogP contribution in [0, 0.1) is 10.1 Å². The van der Waals surface area contributed by atoms with Crippen LogP contribution in [0.2, 0.25) is 0 Å². The summed E-state index contributed by atoms with van der Waals surface area (Å²) in [5, 5.41) is 14.5. The molecule has 0 radical (unpaired) electrons. The number of nitrogens with one attached hydrogen (secondary N) is 1. The number of halogens is 1. The molecule has 150 valence electrons. The number of carbonyl (C=O) groups excluding carboxylic acids is 2. The lowest BCUT2D eigenvalue weighted by atomic mass is 10.2. The Morgan fingerprint density at radius 3 is 2.30 bits per heavy atom. The molecule has 0 heterocycles. The van der Waals surface area contributed by atoms with E-state index < -0.39 is 16.8 Å². The summed E-state index contributed by atoms with van der Waals surface area (Å²) in [5.74, 6) is -0.623. The minimum absolute atomic E-state index is 0.101. The summed E-state index contributed by atoms with van der Waals surface area (Å²) in [6.07, 6.45) is 1.42. The maximum Gasteiger partial charge on any atom is 0.344 e. The largest absolute Gasteiger partial charge is 0.423 e. The van der Waals surface area contributed by atoms with Gasteiger partial charge in [-0.25, -0.2) is 10.2 Å². The van der Waals surface area contributed by atoms with Crippen molar-refractivity contribution < 1.29 is 19.2 Å². The van der Waals surface area contributed by atoms with Crippen molar-refractivity contribution in [2.75, 3.05) is 0 Å². The quantitative estimate of drug-likeness (QED) is 0.190. The first-order valence-corrected chi connectivity index (χ1v) is 9.38. The Labute approximate surface area is 179 Å². The Bertz CT molecular complexity index is 1110. The summed E-state index contributed by atoms with van der Waals surface area (Å²) in [6.45, 7) is 0. The Morgan fingerprint density at radius 1 is 1.00 bits per heavy atom. The molecule has 30 heavy (non-hydrogen) atoms. The second kappa shape index (κ2) is 9.57. The van der Waals surface area contributed by atoms with Gasteiger partial charge in [0.15, 0.2) is 0 Å². The van der Waals surface area contributed by atoms with Crippen molar-refractivity contribution in [1.29, 1.82) is 0 Å². The predicted molar refractivity (Wildman–Crippen MR) is 114 cm³/mol. The molecule has 0 aromatic heterocycles. The third-order valence-corrected chi connectivity index (χ3v) is 4.60. The van der Waals surface area contributed by atoms with Crippen LogP contribution in [-0.4, -0.2) is 23.0 Å². The lowest BCUT2D eigenvalue weighted by Gasteiger charge is -2.06. The summed E-state index contributed by atoms with van der Waals surface area (Å²) < 4.78 is 5.97. The fraction of sp³-hybridized carbons (Fsp3) is 0. The molecule has 0 atom stereocenters. The zero-order valence-corrected chi connectivity index (χ0v) is 16.9. The van der Waals surface area contributed by atoms with Gasteiger partial charge in [-0.2, -0.15) is 5.10 Å². The number of benzene rings is 3. The molecule has 0 aliphatic rings. The molecule has 1 N–H and O–H groups in total. The highest BCUT2D eigenvalue weighted by Gasteiger charge is 2.12. The number of carbonyl (C=O) groups is 2. The van der Waals surface area contributed by atoms with E-state index in [0.717, 1.165) is 0 Å². The van der Waals surface area contributed by atoms with E-state index in [0.29, 0.717) is 21.3 Å². The van der Waals surface area contributed by atoms with Crippen LogP contribution in [0.15, 0.2) is 82.4 Å². The third-order valence-electron chi connectivity index (χ3n) is 3.90. The van der Waals surface area contributed by atoms with Crippen molar-refractivity contribution in [3.8, 4) is 5.75 Å². The highest BCUT2D eigenvalue weighted by molar-refractivity contribution is 9.10. The second-order valence-corrected chi connectivity index (χ2v) is 6.80. The average molecular weight is 468 g/mol. The molecule has 0 spiro atoms. The summed E-state index contributed by atoms with van der Waals surface area (Å²) in [6, 6.07) is 18.7. The van der Waals surface area contributed by atoms with Crippen LogP contribution < -0.4 is 10.2 Å². The van der Waals surface area contributed by atoms with Crippen molar-refractivity contribution in [2.45, 2.75) is 0 Å². The number of hydrogen-bond donors (Lipinski definition) is 1. The van der Waals surface area contributed by atoms with Gasteiger partial charge in [0.2, 0.25) is 0 Å². The van der Waals surface area contributed by atoms with Gasteiger partial charge in [-0.15, -0.1) is 0 Å². The minimum atomic E-state index is -0.542. The van der Waals surface area contributed by atoms with Crippen LogP contribution in [0.3, 0.4) is 0 Å². The van der Waals surface area contributed by atoms with E-state index in [-0.39, 0.29) is 11.3 Å². The first kappa shape index (κ1) is 20.9. The number of hydrogen-bond acceptors (Lipinski definition) is 6. The molecule has 0 fully saturated rings. The zero-order valence-electron chi connectivity index (χ0n) is 15.3. The fourth-order valence-electron chi connectivity index (χ4n) is 2.38. The van der Waals surface area contributed by atoms with Crippen LogP contribution in [0.5, 0.6) is 5.75 Å². The van der Waals surface area contributed by atoms with Crippen molar-refractivity contribution in [1.82, 2.24) is 5.43 Å². The maximum absolute atomic E-state index is 12.2. The molecule has 0 bridgehead atoms. The molecule has 8 nitrogen and oxygen atoms in total. The third kappa shape index (κ3) is 5.36. The molecule has 0 saturated carbocycles. The van der Waals surface area contributed by atoms with Crippen molar-refractivity contribution in [3.05, 3.63) is 104 Å². The van der Waals surface area contributed by atoms with Gasteiger partial charge in [0, 0.05) is 22.2 Å². The molecule has 0 saturated heterocycles. The first-order chi connectivity index (χ1) is 14.4. The van der Waals surface area contributed by atoms with Crippen molar-refractivity contribution in [3.63, 3.8) is 0 Å². The van der Waals surface area contributed by atoms with Crippen molar-refractivity contribution in [2.24, 2.45) is 5.10 Å². The molecule has 0 unspecified atom stereocenters. The fourth-order valence-corrected chi connectivity index (χ4v) is 2.82. The smallest absolute Gasteiger partial charge is 0.344 e. The van der Waals surface area contributed by atoms with E-state index in [4.69, 9.17) is 4.74 Å². The van der Waals surface area contributed by atoms with Gasteiger partial charge < -0.3 is 4.74 Å². The van der Waals surface area contributed by atoms with E-state index in [1.54, 1.807) is 48.5 Å². The van der Waals surface area contributed by atoms with Crippen LogP contribution in [0.4, 0.5) is 5.69 Å². The number of nitro groups is 1. The number of ether oxygens (including phenoxy) is 1. The Morgan fingerprint density at radius 2 is 1.67 bits per heavy atom. The topological polar surface area (TPSA) is 111 Å². The Kier molecular flexibility index (Phi) is 6.66. The zero-order chi connectivity index (χ0) is 21.5. The first-order valence-electron chi connectivity index (χ1n) is 8.58. The molecule has 3 aromatic rings. The molecular weight excluding hydrogens is 454 g/mol. The number of hydrazone groups is 1. The van der Waals surface area contributed by atoms with E-state index in [1.165, 1.54) is 30.5 Å². The predicted octanol–water partition coefficient (Wildman–Crippen LogP) is 4.34. The van der Waals surface area contributed by atoms with E-state index >= 15 is 0 Å². The van der Waals surface area contributed by atoms with E-state index in [2.05, 4.69) is 26.5 Å².